The minimum absolute atomic E-state index is 0. The quantitative estimate of drug-likeness (QED) is 0.726. The molecule has 4 heteroatoms. The molecule has 0 aliphatic heterocycles. The van der Waals surface area contributed by atoms with Crippen molar-refractivity contribution in [2.45, 2.75) is 26.7 Å². The van der Waals surface area contributed by atoms with Crippen LogP contribution in [0.15, 0.2) is 0 Å². The minimum Gasteiger partial charge on any atom is -0.481 e. The molecule has 0 spiro atoms. The molecular formula is C9H20ClNO2. The summed E-state index contributed by atoms with van der Waals surface area (Å²) < 4.78 is 0. The second kappa shape index (κ2) is 8.32. The second-order valence-corrected chi connectivity index (χ2v) is 3.63. The van der Waals surface area contributed by atoms with Crippen molar-refractivity contribution in [1.82, 2.24) is 4.90 Å². The van der Waals surface area contributed by atoms with Crippen LogP contribution in [0.1, 0.15) is 26.7 Å². The monoisotopic (exact) mass is 209 g/mol. The number of hydrogen-bond donors (Lipinski definition) is 1. The number of carbonyl (C=O) groups is 1. The molecule has 0 saturated carbocycles. The maximum Gasteiger partial charge on any atom is 0.304 e. The summed E-state index contributed by atoms with van der Waals surface area (Å²) in [6.07, 6.45) is 1.38. The van der Waals surface area contributed by atoms with Crippen molar-refractivity contribution in [2.24, 2.45) is 5.92 Å². The van der Waals surface area contributed by atoms with Gasteiger partial charge in [0.05, 0.1) is 6.42 Å². The molecule has 0 bridgehead atoms. The highest BCUT2D eigenvalue weighted by Crippen LogP contribution is 2.00. The molecule has 3 nitrogen and oxygen atoms in total. The average molecular weight is 210 g/mol. The van der Waals surface area contributed by atoms with Gasteiger partial charge in [-0.15, -0.1) is 12.4 Å². The van der Waals surface area contributed by atoms with E-state index >= 15 is 0 Å². The Morgan fingerprint density at radius 1 is 1.38 bits per heavy atom. The van der Waals surface area contributed by atoms with E-state index in [2.05, 4.69) is 18.7 Å². The van der Waals surface area contributed by atoms with Gasteiger partial charge in [0.2, 0.25) is 0 Å². The van der Waals surface area contributed by atoms with Gasteiger partial charge in [-0.2, -0.15) is 0 Å². The van der Waals surface area contributed by atoms with E-state index in [1.807, 2.05) is 7.05 Å². The Hall–Kier alpha value is -0.280. The van der Waals surface area contributed by atoms with Gasteiger partial charge >= 0.3 is 5.97 Å². The minimum atomic E-state index is -0.716. The third kappa shape index (κ3) is 11.7. The van der Waals surface area contributed by atoms with Crippen LogP contribution in [-0.4, -0.2) is 36.1 Å². The van der Waals surface area contributed by atoms with Crippen LogP contribution in [-0.2, 0) is 4.79 Å². The number of rotatable bonds is 6. The van der Waals surface area contributed by atoms with Gasteiger partial charge in [-0.05, 0) is 25.9 Å². The van der Waals surface area contributed by atoms with Gasteiger partial charge in [-0.1, -0.05) is 13.8 Å². The summed E-state index contributed by atoms with van der Waals surface area (Å²) in [6, 6.07) is 0. The fourth-order valence-corrected chi connectivity index (χ4v) is 0.877. The van der Waals surface area contributed by atoms with Gasteiger partial charge in [0.1, 0.15) is 0 Å². The van der Waals surface area contributed by atoms with Crippen LogP contribution in [0, 0.1) is 5.92 Å². The van der Waals surface area contributed by atoms with Crippen molar-refractivity contribution in [3.05, 3.63) is 0 Å². The molecular weight excluding hydrogens is 190 g/mol. The fourth-order valence-electron chi connectivity index (χ4n) is 0.877. The van der Waals surface area contributed by atoms with Crippen LogP contribution in [0.3, 0.4) is 0 Å². The lowest BCUT2D eigenvalue weighted by Crippen LogP contribution is -2.23. The number of carboxylic acids is 1. The summed E-state index contributed by atoms with van der Waals surface area (Å²) >= 11 is 0. The molecule has 1 N–H and O–H groups in total. The van der Waals surface area contributed by atoms with Crippen molar-refractivity contribution in [3.63, 3.8) is 0 Å². The number of halogens is 1. The van der Waals surface area contributed by atoms with Crippen molar-refractivity contribution in [2.75, 3.05) is 20.1 Å². The van der Waals surface area contributed by atoms with Gasteiger partial charge in [0.25, 0.3) is 0 Å². The first-order valence-corrected chi connectivity index (χ1v) is 4.42. The van der Waals surface area contributed by atoms with Crippen LogP contribution in [0.2, 0.25) is 0 Å². The summed E-state index contributed by atoms with van der Waals surface area (Å²) in [5, 5.41) is 8.41. The lowest BCUT2D eigenvalue weighted by atomic mass is 10.1. The number of nitrogens with zero attached hydrogens (tertiary/aromatic N) is 1. The van der Waals surface area contributed by atoms with Gasteiger partial charge in [0.15, 0.2) is 0 Å². The Morgan fingerprint density at radius 2 is 1.92 bits per heavy atom. The molecule has 80 valence electrons. The lowest BCUT2D eigenvalue weighted by molar-refractivity contribution is -0.137. The first kappa shape index (κ1) is 15.2. The lowest BCUT2D eigenvalue weighted by Gasteiger charge is -2.16. The average Bonchev–Trinajstić information content (AvgIpc) is 1.96. The van der Waals surface area contributed by atoms with Crippen LogP contribution < -0.4 is 0 Å². The van der Waals surface area contributed by atoms with E-state index < -0.39 is 5.97 Å². The van der Waals surface area contributed by atoms with E-state index in [0.29, 0.717) is 12.5 Å². The highest BCUT2D eigenvalue weighted by molar-refractivity contribution is 5.85. The highest BCUT2D eigenvalue weighted by Gasteiger charge is 2.02. The normalized spacial score (nSPS) is 10.2. The van der Waals surface area contributed by atoms with Crippen LogP contribution >= 0.6 is 12.4 Å². The first-order valence-electron chi connectivity index (χ1n) is 4.42. The van der Waals surface area contributed by atoms with Crippen LogP contribution in [0.4, 0.5) is 0 Å². The summed E-state index contributed by atoms with van der Waals surface area (Å²) in [7, 11) is 1.96. The van der Waals surface area contributed by atoms with E-state index in [0.717, 1.165) is 13.0 Å². The molecule has 0 saturated heterocycles. The third-order valence-corrected chi connectivity index (χ3v) is 1.80. The van der Waals surface area contributed by atoms with Gasteiger partial charge in [0, 0.05) is 6.54 Å². The molecule has 0 aromatic heterocycles. The largest absolute Gasteiger partial charge is 0.481 e. The van der Waals surface area contributed by atoms with Crippen molar-refractivity contribution >= 4 is 18.4 Å². The summed E-state index contributed by atoms with van der Waals surface area (Å²) in [4.78, 5) is 12.3. The number of carboxylic acid groups (broad SMARTS) is 1. The van der Waals surface area contributed by atoms with E-state index in [-0.39, 0.29) is 18.8 Å². The zero-order chi connectivity index (χ0) is 9.56. The summed E-state index contributed by atoms with van der Waals surface area (Å²) in [5.74, 6) is -0.0244. The SMILES string of the molecule is CC(C)CCN(C)CCC(=O)O.Cl. The van der Waals surface area contributed by atoms with Crippen molar-refractivity contribution in [1.29, 1.82) is 0 Å². The predicted octanol–water partition coefficient (Wildman–Crippen LogP) is 1.86. The van der Waals surface area contributed by atoms with E-state index in [1.54, 1.807) is 0 Å². The van der Waals surface area contributed by atoms with Crippen molar-refractivity contribution in [3.8, 4) is 0 Å². The molecule has 13 heavy (non-hydrogen) atoms. The Labute approximate surface area is 86.5 Å². The molecule has 0 atom stereocenters. The Bertz CT molecular complexity index is 140. The Kier molecular flexibility index (Phi) is 9.74. The smallest absolute Gasteiger partial charge is 0.304 e. The molecule has 0 aliphatic carbocycles. The molecule has 0 amide bonds. The maximum absolute atomic E-state index is 10.2. The summed E-state index contributed by atoms with van der Waals surface area (Å²) in [5.41, 5.74) is 0. The predicted molar refractivity (Wildman–Crippen MR) is 56.5 cm³/mol. The zero-order valence-corrected chi connectivity index (χ0v) is 9.43. The molecule has 0 rings (SSSR count). The Balaban J connectivity index is 0. The Morgan fingerprint density at radius 3 is 2.31 bits per heavy atom. The topological polar surface area (TPSA) is 40.5 Å². The molecule has 0 aromatic carbocycles. The number of aliphatic carboxylic acids is 1. The van der Waals surface area contributed by atoms with Gasteiger partial charge in [-0.3, -0.25) is 4.79 Å². The maximum atomic E-state index is 10.2. The summed E-state index contributed by atoms with van der Waals surface area (Å²) in [6.45, 7) is 5.99. The highest BCUT2D eigenvalue weighted by atomic mass is 35.5. The van der Waals surface area contributed by atoms with E-state index in [4.69, 9.17) is 5.11 Å². The standard InChI is InChI=1S/C9H19NO2.ClH/c1-8(2)4-6-10(3)7-5-9(11)12;/h8H,4-7H2,1-3H3,(H,11,12);1H. The molecule has 0 aliphatic rings. The molecule has 0 unspecified atom stereocenters. The van der Waals surface area contributed by atoms with E-state index in [9.17, 15) is 4.79 Å². The first-order chi connectivity index (χ1) is 5.52. The zero-order valence-electron chi connectivity index (χ0n) is 8.62. The van der Waals surface area contributed by atoms with Crippen LogP contribution in [0.25, 0.3) is 0 Å². The van der Waals surface area contributed by atoms with Gasteiger partial charge < -0.3 is 10.0 Å². The molecule has 0 aromatic rings. The fraction of sp³-hybridized carbons (Fsp3) is 0.889. The van der Waals surface area contributed by atoms with Crippen LogP contribution in [0.5, 0.6) is 0 Å². The van der Waals surface area contributed by atoms with E-state index in [1.165, 1.54) is 0 Å². The number of hydrogen-bond acceptors (Lipinski definition) is 2. The second-order valence-electron chi connectivity index (χ2n) is 3.63. The van der Waals surface area contributed by atoms with Crippen molar-refractivity contribution < 1.29 is 9.90 Å². The molecule has 0 radical (unpaired) electrons. The van der Waals surface area contributed by atoms with Gasteiger partial charge in [-0.25, -0.2) is 0 Å². The molecule has 0 fully saturated rings. The molecule has 0 heterocycles. The third-order valence-electron chi connectivity index (χ3n) is 1.80.